The second-order valence-electron chi connectivity index (χ2n) is 25.6. The second kappa shape index (κ2) is 22.2. The normalized spacial score (nSPS) is 21.9. The smallest absolute Gasteiger partial charge is 0.251 e. The molecule has 10 aromatic rings. The van der Waals surface area contributed by atoms with E-state index in [1.807, 2.05) is 97.1 Å². The number of aliphatic hydroxyl groups excluding tert-OH is 2. The maximum Gasteiger partial charge on any atom is 0.251 e. The Hall–Kier alpha value is -8.06. The number of nitrogens with one attached hydrogen (secondary N) is 2. The molecule has 2 fully saturated rings. The van der Waals surface area contributed by atoms with Gasteiger partial charge < -0.3 is 30.3 Å². The average molecular weight is 1120 g/mol. The lowest BCUT2D eigenvalue weighted by Gasteiger charge is -2.49. The summed E-state index contributed by atoms with van der Waals surface area (Å²) >= 11 is 0. The van der Waals surface area contributed by atoms with Crippen LogP contribution in [0.25, 0.3) is 65.7 Å². The van der Waals surface area contributed by atoms with Gasteiger partial charge in [0.05, 0.1) is 69.4 Å². The number of rotatable bonds is 10. The molecule has 84 heavy (non-hydrogen) atoms. The molecule has 12 nitrogen and oxygen atoms in total. The van der Waals surface area contributed by atoms with Crippen molar-refractivity contribution in [2.24, 2.45) is 23.7 Å². The Morgan fingerprint density at radius 3 is 1.25 bits per heavy atom. The highest BCUT2D eigenvalue weighted by Crippen LogP contribution is 2.58. The van der Waals surface area contributed by atoms with Gasteiger partial charge in [-0.2, -0.15) is 0 Å². The van der Waals surface area contributed by atoms with Gasteiger partial charge in [-0.1, -0.05) is 136 Å². The minimum atomic E-state index is -0.385. The summed E-state index contributed by atoms with van der Waals surface area (Å²) in [6, 6.07) is 46.6. The summed E-state index contributed by atoms with van der Waals surface area (Å²) in [5, 5.41) is 30.1. The van der Waals surface area contributed by atoms with Gasteiger partial charge in [-0.15, -0.1) is 0 Å². The monoisotopic (exact) mass is 1120 g/mol. The first-order chi connectivity index (χ1) is 40.6. The van der Waals surface area contributed by atoms with E-state index >= 15 is 0 Å². The number of amides is 2. The summed E-state index contributed by atoms with van der Waals surface area (Å²) in [6.45, 7) is 13.4. The Kier molecular flexibility index (Phi) is 14.6. The fourth-order valence-electron chi connectivity index (χ4n) is 14.7. The van der Waals surface area contributed by atoms with E-state index < -0.39 is 0 Å². The number of carbonyl (C=O) groups is 2. The second-order valence-corrected chi connectivity index (χ2v) is 25.6. The zero-order chi connectivity index (χ0) is 58.0. The van der Waals surface area contributed by atoms with Crippen LogP contribution in [0.4, 0.5) is 0 Å². The van der Waals surface area contributed by atoms with Gasteiger partial charge in [-0.25, -0.2) is 19.9 Å². The van der Waals surface area contributed by atoms with Crippen LogP contribution in [0.5, 0.6) is 11.5 Å². The molecule has 428 valence electrons. The molecule has 0 radical (unpaired) electrons. The van der Waals surface area contributed by atoms with E-state index in [-0.39, 0.29) is 48.3 Å². The summed E-state index contributed by atoms with van der Waals surface area (Å²) in [4.78, 5) is 47.3. The number of benzene rings is 8. The molecule has 12 heteroatoms. The molecule has 0 saturated heterocycles. The lowest BCUT2D eigenvalue weighted by atomic mass is 9.64. The highest BCUT2D eigenvalue weighted by atomic mass is 16.5. The molecule has 4 heterocycles. The number of aliphatic hydroxyl groups is 2. The number of hydrogen-bond donors (Lipinski definition) is 4. The molecule has 2 aliphatic carbocycles. The molecule has 2 saturated carbocycles. The number of fused-ring (bicyclic) bond motifs is 18. The van der Waals surface area contributed by atoms with Crippen LogP contribution in [0.2, 0.25) is 0 Å². The highest BCUT2D eigenvalue weighted by Gasteiger charge is 2.49. The molecule has 4 N–H and O–H groups in total. The van der Waals surface area contributed by atoms with E-state index in [0.29, 0.717) is 70.5 Å². The van der Waals surface area contributed by atoms with Crippen LogP contribution in [-0.2, 0) is 12.8 Å². The summed E-state index contributed by atoms with van der Waals surface area (Å²) in [5.41, 5.74) is 11.4. The summed E-state index contributed by atoms with van der Waals surface area (Å²) in [7, 11) is 0. The topological polar surface area (TPSA) is 169 Å². The number of hydrogen-bond acceptors (Lipinski definition) is 10. The van der Waals surface area contributed by atoms with Crippen molar-refractivity contribution in [3.05, 3.63) is 179 Å². The van der Waals surface area contributed by atoms with E-state index in [9.17, 15) is 19.8 Å². The van der Waals surface area contributed by atoms with Gasteiger partial charge in [0.1, 0.15) is 22.7 Å². The SMILES string of the molecule is C[C@@H]1CC[C@@H]2[C@@H](C1)c1c(c3ccccc3c3nc4cc(C(=O)N[C@@H](CO)Cc5ccccc5)ccc4nc13)OC2(C)C.C[C@H]1CC[C@H]2[C@H](C1)c1c(c3ccccc3c3nc4cc(C(=O)N[C@@H](CO)Cc5ccccc5)ccc4nc13)OC2(C)C. The van der Waals surface area contributed by atoms with Crippen LogP contribution < -0.4 is 20.1 Å². The minimum absolute atomic E-state index is 0.143. The molecular weight excluding hydrogens is 1040 g/mol. The number of aromatic nitrogens is 4. The Labute approximate surface area is 490 Å². The predicted octanol–water partition coefficient (Wildman–Crippen LogP) is 13.9. The molecule has 0 spiro atoms. The van der Waals surface area contributed by atoms with Crippen LogP contribution in [0, 0.1) is 23.7 Å². The first-order valence-corrected chi connectivity index (χ1v) is 30.3. The molecule has 0 unspecified atom stereocenters. The van der Waals surface area contributed by atoms with Crippen molar-refractivity contribution in [1.82, 2.24) is 30.6 Å². The van der Waals surface area contributed by atoms with Crippen molar-refractivity contribution in [2.75, 3.05) is 13.2 Å². The number of carbonyl (C=O) groups excluding carboxylic acids is 2. The number of ether oxygens (including phenoxy) is 2. The minimum Gasteiger partial charge on any atom is -0.487 e. The molecule has 14 rings (SSSR count). The van der Waals surface area contributed by atoms with Crippen LogP contribution in [-0.4, -0.2) is 78.5 Å². The third-order valence-corrected chi connectivity index (χ3v) is 18.9. The zero-order valence-electron chi connectivity index (χ0n) is 48.9. The molecule has 2 aliphatic heterocycles. The van der Waals surface area contributed by atoms with E-state index in [0.717, 1.165) is 103 Å². The molecule has 2 aromatic heterocycles. The molecule has 4 aliphatic rings. The first-order valence-electron chi connectivity index (χ1n) is 30.3. The average Bonchev–Trinajstić information content (AvgIpc) is 0.848. The maximum atomic E-state index is 13.3. The molecule has 8 aromatic carbocycles. The number of nitrogens with zero attached hydrogens (tertiary/aromatic N) is 4. The molecule has 2 amide bonds. The fraction of sp³-hybridized carbons (Fsp3) is 0.361. The quantitative estimate of drug-likeness (QED) is 0.0764. The van der Waals surface area contributed by atoms with Crippen LogP contribution in [0.1, 0.15) is 135 Å². The van der Waals surface area contributed by atoms with E-state index in [1.54, 1.807) is 12.1 Å². The highest BCUT2D eigenvalue weighted by molar-refractivity contribution is 6.13. The van der Waals surface area contributed by atoms with Gasteiger partial charge >= 0.3 is 0 Å². The lowest BCUT2D eigenvalue weighted by Crippen LogP contribution is -2.46. The van der Waals surface area contributed by atoms with E-state index in [2.05, 4.69) is 88.6 Å². The standard InChI is InChI=1S/2C36H37N3O3/c2*1-21-13-15-28-27(17-21)31-33-32(25-11-7-8-12-26(25)34(31)42-36(28,2)3)39-30-19-23(14-16-29(30)38-33)35(41)37-24(20-40)18-22-9-5-4-6-10-22/h2*4-12,14,16,19,21,24,27-28,40H,13,15,17-18,20H2,1-3H3,(H,37,41)/t21-,24+,27-,28-;21-,24-,27-,28-/m01/s1. The Balaban J connectivity index is 0.000000157. The fourth-order valence-corrected chi connectivity index (χ4v) is 14.7. The summed E-state index contributed by atoms with van der Waals surface area (Å²) in [6.07, 6.45) is 8.07. The van der Waals surface area contributed by atoms with Gasteiger partial charge in [-0.05, 0) is 137 Å². The van der Waals surface area contributed by atoms with Crippen LogP contribution >= 0.6 is 0 Å². The van der Waals surface area contributed by atoms with Crippen molar-refractivity contribution in [1.29, 1.82) is 0 Å². The third-order valence-electron chi connectivity index (χ3n) is 18.9. The Bertz CT molecular complexity index is 3900. The molecule has 8 atom stereocenters. The van der Waals surface area contributed by atoms with Crippen molar-refractivity contribution in [3.63, 3.8) is 0 Å². The van der Waals surface area contributed by atoms with Crippen molar-refractivity contribution in [2.45, 2.75) is 128 Å². The van der Waals surface area contributed by atoms with Crippen LogP contribution in [0.15, 0.2) is 146 Å². The van der Waals surface area contributed by atoms with Crippen molar-refractivity contribution in [3.8, 4) is 11.5 Å². The molecule has 0 bridgehead atoms. The van der Waals surface area contributed by atoms with Gasteiger partial charge in [0.2, 0.25) is 0 Å². The van der Waals surface area contributed by atoms with Gasteiger partial charge in [0.25, 0.3) is 11.8 Å². The summed E-state index contributed by atoms with van der Waals surface area (Å²) < 4.78 is 13.7. The Morgan fingerprint density at radius 2 is 0.857 bits per heavy atom. The molecular formula is C72H74N6O6. The maximum absolute atomic E-state index is 13.3. The van der Waals surface area contributed by atoms with E-state index in [4.69, 9.17) is 29.4 Å². The Morgan fingerprint density at radius 1 is 0.488 bits per heavy atom. The van der Waals surface area contributed by atoms with Gasteiger partial charge in [-0.3, -0.25) is 9.59 Å². The largest absolute Gasteiger partial charge is 0.487 e. The van der Waals surface area contributed by atoms with Crippen molar-refractivity contribution >= 4 is 77.5 Å². The van der Waals surface area contributed by atoms with Gasteiger partial charge in [0.15, 0.2) is 0 Å². The predicted molar refractivity (Wildman–Crippen MR) is 334 cm³/mol. The van der Waals surface area contributed by atoms with Crippen LogP contribution in [0.3, 0.4) is 0 Å². The first kappa shape index (κ1) is 55.1. The summed E-state index contributed by atoms with van der Waals surface area (Å²) in [5.74, 6) is 4.29. The third kappa shape index (κ3) is 10.2. The lowest BCUT2D eigenvalue weighted by molar-refractivity contribution is -0.0118. The van der Waals surface area contributed by atoms with Gasteiger partial charge in [0, 0.05) is 55.6 Å². The van der Waals surface area contributed by atoms with Crippen molar-refractivity contribution < 1.29 is 29.3 Å². The zero-order valence-corrected chi connectivity index (χ0v) is 48.9. The van der Waals surface area contributed by atoms with E-state index in [1.165, 1.54) is 24.0 Å².